The van der Waals surface area contributed by atoms with E-state index < -0.39 is 5.54 Å². The van der Waals surface area contributed by atoms with Crippen LogP contribution in [0, 0.1) is 0 Å². The predicted octanol–water partition coefficient (Wildman–Crippen LogP) is 0.573. The Hall–Kier alpha value is -1.01. The number of aromatic nitrogens is 2. The Morgan fingerprint density at radius 2 is 2.33 bits per heavy atom. The molecule has 1 saturated carbocycles. The van der Waals surface area contributed by atoms with E-state index in [0.29, 0.717) is 4.88 Å². The summed E-state index contributed by atoms with van der Waals surface area (Å²) in [7, 11) is 0. The zero-order chi connectivity index (χ0) is 10.7. The maximum atomic E-state index is 11.7. The van der Waals surface area contributed by atoms with Gasteiger partial charge in [-0.1, -0.05) is 17.3 Å². The second kappa shape index (κ2) is 4.24. The SMILES string of the molecule is O=C(NC1(CO)CCCC1)c1cnns1. The van der Waals surface area contributed by atoms with E-state index in [1.807, 2.05) is 0 Å². The average Bonchev–Trinajstić information content (AvgIpc) is 2.88. The number of aliphatic hydroxyl groups excluding tert-OH is 1. The third kappa shape index (κ3) is 2.15. The molecule has 82 valence electrons. The van der Waals surface area contributed by atoms with Crippen molar-refractivity contribution in [1.82, 2.24) is 14.9 Å². The molecule has 1 amide bonds. The maximum absolute atomic E-state index is 11.7. The van der Waals surface area contributed by atoms with Gasteiger partial charge in [0.15, 0.2) is 0 Å². The molecular weight excluding hydrogens is 214 g/mol. The van der Waals surface area contributed by atoms with Crippen LogP contribution in [0.3, 0.4) is 0 Å². The number of nitrogens with zero attached hydrogens (tertiary/aromatic N) is 2. The van der Waals surface area contributed by atoms with Gasteiger partial charge in [-0.25, -0.2) is 0 Å². The summed E-state index contributed by atoms with van der Waals surface area (Å²) in [6.45, 7) is 0.00493. The highest BCUT2D eigenvalue weighted by Crippen LogP contribution is 2.29. The van der Waals surface area contributed by atoms with E-state index >= 15 is 0 Å². The van der Waals surface area contributed by atoms with Gasteiger partial charge in [-0.2, -0.15) is 0 Å². The first-order valence-corrected chi connectivity index (χ1v) is 5.74. The number of nitrogens with one attached hydrogen (secondary N) is 1. The van der Waals surface area contributed by atoms with Gasteiger partial charge >= 0.3 is 0 Å². The van der Waals surface area contributed by atoms with Gasteiger partial charge in [0.1, 0.15) is 4.88 Å². The van der Waals surface area contributed by atoms with Crippen molar-refractivity contribution in [3.8, 4) is 0 Å². The van der Waals surface area contributed by atoms with Crippen LogP contribution in [0.4, 0.5) is 0 Å². The molecule has 1 fully saturated rings. The number of hydrogen-bond acceptors (Lipinski definition) is 5. The molecular formula is C9H13N3O2S. The number of rotatable bonds is 3. The summed E-state index contributed by atoms with van der Waals surface area (Å²) in [5.41, 5.74) is -0.416. The maximum Gasteiger partial charge on any atom is 0.265 e. The molecule has 0 radical (unpaired) electrons. The van der Waals surface area contributed by atoms with Crippen LogP contribution in [0.2, 0.25) is 0 Å². The fraction of sp³-hybridized carbons (Fsp3) is 0.667. The molecule has 1 heterocycles. The summed E-state index contributed by atoms with van der Waals surface area (Å²) in [4.78, 5) is 12.2. The van der Waals surface area contributed by atoms with Crippen molar-refractivity contribution in [2.75, 3.05) is 6.61 Å². The van der Waals surface area contributed by atoms with Crippen LogP contribution in [0.25, 0.3) is 0 Å². The van der Waals surface area contributed by atoms with Crippen molar-refractivity contribution in [3.63, 3.8) is 0 Å². The summed E-state index contributed by atoms with van der Waals surface area (Å²) >= 11 is 1.07. The van der Waals surface area contributed by atoms with Crippen molar-refractivity contribution < 1.29 is 9.90 Å². The Labute approximate surface area is 91.7 Å². The number of carbonyl (C=O) groups excluding carboxylic acids is 1. The zero-order valence-electron chi connectivity index (χ0n) is 8.27. The number of carbonyl (C=O) groups is 1. The van der Waals surface area contributed by atoms with Gasteiger partial charge in [0.25, 0.3) is 5.91 Å². The standard InChI is InChI=1S/C9H13N3O2S/c13-6-9(3-1-2-4-9)11-8(14)7-5-10-12-15-7/h5,13H,1-4,6H2,(H,11,14). The van der Waals surface area contributed by atoms with Crippen molar-refractivity contribution in [2.24, 2.45) is 0 Å². The minimum Gasteiger partial charge on any atom is -0.394 e. The molecule has 0 saturated heterocycles. The quantitative estimate of drug-likeness (QED) is 0.791. The normalized spacial score (nSPS) is 19.0. The summed E-state index contributed by atoms with van der Waals surface area (Å²) in [5.74, 6) is -0.180. The third-order valence-electron chi connectivity index (χ3n) is 2.83. The highest BCUT2D eigenvalue weighted by atomic mass is 32.1. The largest absolute Gasteiger partial charge is 0.394 e. The summed E-state index contributed by atoms with van der Waals surface area (Å²) in [6.07, 6.45) is 5.26. The van der Waals surface area contributed by atoms with E-state index in [2.05, 4.69) is 14.9 Å². The van der Waals surface area contributed by atoms with Gasteiger partial charge in [-0.3, -0.25) is 4.79 Å². The Morgan fingerprint density at radius 3 is 2.87 bits per heavy atom. The summed E-state index contributed by atoms with van der Waals surface area (Å²) < 4.78 is 3.63. The molecule has 0 spiro atoms. The van der Waals surface area contributed by atoms with Crippen molar-refractivity contribution >= 4 is 17.4 Å². The van der Waals surface area contributed by atoms with Crippen molar-refractivity contribution in [2.45, 2.75) is 31.2 Å². The molecule has 1 aromatic heterocycles. The molecule has 0 atom stereocenters. The van der Waals surface area contributed by atoms with E-state index in [1.54, 1.807) is 0 Å². The molecule has 2 N–H and O–H groups in total. The van der Waals surface area contributed by atoms with Gasteiger partial charge in [-0.15, -0.1) is 5.10 Å². The first-order valence-electron chi connectivity index (χ1n) is 4.96. The van der Waals surface area contributed by atoms with E-state index in [1.165, 1.54) is 6.20 Å². The molecule has 5 nitrogen and oxygen atoms in total. The second-order valence-electron chi connectivity index (χ2n) is 3.88. The monoisotopic (exact) mass is 227 g/mol. The lowest BCUT2D eigenvalue weighted by Crippen LogP contribution is -2.49. The fourth-order valence-electron chi connectivity index (χ4n) is 1.94. The van der Waals surface area contributed by atoms with Crippen molar-refractivity contribution in [1.29, 1.82) is 0 Å². The third-order valence-corrected chi connectivity index (χ3v) is 3.49. The van der Waals surface area contributed by atoms with Crippen LogP contribution in [0.5, 0.6) is 0 Å². The Kier molecular flexibility index (Phi) is 2.97. The molecule has 15 heavy (non-hydrogen) atoms. The van der Waals surface area contributed by atoms with Gasteiger partial charge in [0.2, 0.25) is 0 Å². The number of amides is 1. The predicted molar refractivity (Wildman–Crippen MR) is 55.7 cm³/mol. The van der Waals surface area contributed by atoms with E-state index in [0.717, 1.165) is 37.2 Å². The number of aliphatic hydroxyl groups is 1. The van der Waals surface area contributed by atoms with Crippen LogP contribution in [-0.2, 0) is 0 Å². The topological polar surface area (TPSA) is 75.1 Å². The van der Waals surface area contributed by atoms with Gasteiger partial charge in [0.05, 0.1) is 18.3 Å². The average molecular weight is 227 g/mol. The molecule has 1 aliphatic carbocycles. The van der Waals surface area contributed by atoms with Crippen LogP contribution >= 0.6 is 11.5 Å². The first-order chi connectivity index (χ1) is 7.26. The lowest BCUT2D eigenvalue weighted by Gasteiger charge is -2.27. The lowest BCUT2D eigenvalue weighted by molar-refractivity contribution is 0.0842. The first kappa shape index (κ1) is 10.5. The molecule has 0 aromatic carbocycles. The Morgan fingerprint density at radius 1 is 1.60 bits per heavy atom. The van der Waals surface area contributed by atoms with Gasteiger partial charge < -0.3 is 10.4 Å². The van der Waals surface area contributed by atoms with Crippen LogP contribution in [0.15, 0.2) is 6.20 Å². The van der Waals surface area contributed by atoms with E-state index in [9.17, 15) is 9.90 Å². The zero-order valence-corrected chi connectivity index (χ0v) is 9.09. The van der Waals surface area contributed by atoms with Crippen molar-refractivity contribution in [3.05, 3.63) is 11.1 Å². The highest BCUT2D eigenvalue weighted by molar-refractivity contribution is 7.07. The Balaban J connectivity index is 2.04. The van der Waals surface area contributed by atoms with E-state index in [4.69, 9.17) is 0 Å². The molecule has 0 aliphatic heterocycles. The minimum absolute atomic E-state index is 0.00493. The smallest absolute Gasteiger partial charge is 0.265 e. The molecule has 1 aliphatic rings. The molecule has 0 bridgehead atoms. The fourth-order valence-corrected chi connectivity index (χ4v) is 2.35. The van der Waals surface area contributed by atoms with Crippen LogP contribution in [0.1, 0.15) is 35.4 Å². The molecule has 2 rings (SSSR count). The molecule has 6 heteroatoms. The van der Waals surface area contributed by atoms with Gasteiger partial charge in [0, 0.05) is 0 Å². The number of hydrogen-bond donors (Lipinski definition) is 2. The van der Waals surface area contributed by atoms with E-state index in [-0.39, 0.29) is 12.5 Å². The molecule has 0 unspecified atom stereocenters. The van der Waals surface area contributed by atoms with Gasteiger partial charge in [-0.05, 0) is 24.4 Å². The molecule has 1 aromatic rings. The second-order valence-corrected chi connectivity index (χ2v) is 4.67. The highest BCUT2D eigenvalue weighted by Gasteiger charge is 2.35. The Bertz CT molecular complexity index is 333. The summed E-state index contributed by atoms with van der Waals surface area (Å²) in [5, 5.41) is 15.8. The van der Waals surface area contributed by atoms with Crippen LogP contribution in [-0.4, -0.2) is 32.7 Å². The van der Waals surface area contributed by atoms with Crippen LogP contribution < -0.4 is 5.32 Å². The minimum atomic E-state index is -0.416. The lowest BCUT2D eigenvalue weighted by atomic mass is 9.99. The summed E-state index contributed by atoms with van der Waals surface area (Å²) in [6, 6.07) is 0.